The minimum atomic E-state index is 0.467. The van der Waals surface area contributed by atoms with Gasteiger partial charge in [-0.1, -0.05) is 0 Å². The molecule has 0 saturated carbocycles. The number of aromatic nitrogens is 3. The zero-order valence-corrected chi connectivity index (χ0v) is 9.51. The van der Waals surface area contributed by atoms with E-state index in [2.05, 4.69) is 47.0 Å². The van der Waals surface area contributed by atoms with Gasteiger partial charge in [-0.25, -0.2) is 4.98 Å². The van der Waals surface area contributed by atoms with Crippen molar-refractivity contribution in [1.82, 2.24) is 14.1 Å². The largest absolute Gasteiger partial charge is 0.345 e. The van der Waals surface area contributed by atoms with Gasteiger partial charge in [0.15, 0.2) is 0 Å². The van der Waals surface area contributed by atoms with Crippen LogP contribution in [0.2, 0.25) is 0 Å². The van der Waals surface area contributed by atoms with Gasteiger partial charge in [-0.3, -0.25) is 0 Å². The molecule has 0 aliphatic rings. The monoisotopic (exact) mass is 203 g/mol. The van der Waals surface area contributed by atoms with Crippen molar-refractivity contribution in [2.45, 2.75) is 33.4 Å². The maximum absolute atomic E-state index is 4.06. The first-order valence-electron chi connectivity index (χ1n) is 5.28. The van der Waals surface area contributed by atoms with Crippen molar-refractivity contribution >= 4 is 0 Å². The Labute approximate surface area is 90.4 Å². The van der Waals surface area contributed by atoms with Crippen molar-refractivity contribution in [3.05, 3.63) is 42.2 Å². The fourth-order valence-corrected chi connectivity index (χ4v) is 2.16. The van der Waals surface area contributed by atoms with E-state index in [1.807, 2.05) is 18.7 Å². The van der Waals surface area contributed by atoms with Crippen molar-refractivity contribution < 1.29 is 0 Å². The number of nitrogens with zero attached hydrogens (tertiary/aromatic N) is 3. The number of hydrogen-bond donors (Lipinski definition) is 0. The predicted octanol–water partition coefficient (Wildman–Crippen LogP) is 2.56. The van der Waals surface area contributed by atoms with Crippen LogP contribution in [0, 0.1) is 13.8 Å². The summed E-state index contributed by atoms with van der Waals surface area (Å²) in [5, 5.41) is 0. The van der Waals surface area contributed by atoms with Gasteiger partial charge in [0.25, 0.3) is 0 Å². The molecule has 0 fully saturated rings. The van der Waals surface area contributed by atoms with E-state index in [0.717, 1.165) is 6.54 Å². The molecular weight excluding hydrogens is 186 g/mol. The molecule has 3 nitrogen and oxygen atoms in total. The summed E-state index contributed by atoms with van der Waals surface area (Å²) in [6.45, 7) is 7.51. The van der Waals surface area contributed by atoms with E-state index in [1.165, 1.54) is 11.4 Å². The van der Waals surface area contributed by atoms with Gasteiger partial charge in [-0.15, -0.1) is 0 Å². The van der Waals surface area contributed by atoms with Crippen LogP contribution in [0.25, 0.3) is 0 Å². The molecule has 0 saturated heterocycles. The lowest BCUT2D eigenvalue weighted by molar-refractivity contribution is 0.451. The molecule has 2 aromatic heterocycles. The van der Waals surface area contributed by atoms with Crippen LogP contribution in [-0.2, 0) is 6.54 Å². The first-order valence-corrected chi connectivity index (χ1v) is 5.28. The molecule has 80 valence electrons. The zero-order valence-electron chi connectivity index (χ0n) is 9.51. The van der Waals surface area contributed by atoms with Crippen molar-refractivity contribution in [3.8, 4) is 0 Å². The Kier molecular flexibility index (Phi) is 2.62. The van der Waals surface area contributed by atoms with Crippen molar-refractivity contribution in [2.24, 2.45) is 0 Å². The minimum absolute atomic E-state index is 0.467. The van der Waals surface area contributed by atoms with E-state index in [1.54, 1.807) is 0 Å². The minimum Gasteiger partial charge on any atom is -0.345 e. The Bertz CT molecular complexity index is 406. The highest BCUT2D eigenvalue weighted by atomic mass is 15.1. The van der Waals surface area contributed by atoms with Crippen LogP contribution >= 0.6 is 0 Å². The normalized spacial score (nSPS) is 13.0. The number of aryl methyl sites for hydroxylation is 2. The fourth-order valence-electron chi connectivity index (χ4n) is 2.16. The van der Waals surface area contributed by atoms with Crippen LogP contribution in [0.1, 0.15) is 24.4 Å². The van der Waals surface area contributed by atoms with E-state index >= 15 is 0 Å². The molecule has 1 atom stereocenters. The fraction of sp³-hybridized carbons (Fsp3) is 0.417. The van der Waals surface area contributed by atoms with E-state index in [4.69, 9.17) is 0 Å². The average Bonchev–Trinajstić information content (AvgIpc) is 2.77. The molecule has 0 aliphatic heterocycles. The topological polar surface area (TPSA) is 22.8 Å². The van der Waals surface area contributed by atoms with Crippen molar-refractivity contribution in [1.29, 1.82) is 0 Å². The third-order valence-electron chi connectivity index (χ3n) is 2.80. The quantitative estimate of drug-likeness (QED) is 0.751. The van der Waals surface area contributed by atoms with Crippen LogP contribution in [-0.4, -0.2) is 14.1 Å². The Morgan fingerprint density at radius 3 is 2.47 bits per heavy atom. The van der Waals surface area contributed by atoms with Gasteiger partial charge in [-0.05, 0) is 32.9 Å². The molecule has 0 bridgehead atoms. The van der Waals surface area contributed by atoms with Gasteiger partial charge < -0.3 is 9.13 Å². The summed E-state index contributed by atoms with van der Waals surface area (Å²) in [5.41, 5.74) is 2.64. The summed E-state index contributed by atoms with van der Waals surface area (Å²) in [4.78, 5) is 4.06. The molecule has 0 amide bonds. The molecule has 2 rings (SSSR count). The second-order valence-electron chi connectivity index (χ2n) is 4.09. The molecule has 0 aliphatic carbocycles. The number of rotatable bonds is 3. The molecular formula is C12H17N3. The Balaban J connectivity index is 2.18. The van der Waals surface area contributed by atoms with Crippen LogP contribution in [0.15, 0.2) is 30.9 Å². The van der Waals surface area contributed by atoms with Crippen LogP contribution < -0.4 is 0 Å². The Morgan fingerprint density at radius 1 is 1.27 bits per heavy atom. The lowest BCUT2D eigenvalue weighted by Crippen LogP contribution is -2.14. The van der Waals surface area contributed by atoms with Crippen molar-refractivity contribution in [3.63, 3.8) is 0 Å². The van der Waals surface area contributed by atoms with Gasteiger partial charge in [0.05, 0.1) is 6.33 Å². The second kappa shape index (κ2) is 3.93. The van der Waals surface area contributed by atoms with Gasteiger partial charge >= 0.3 is 0 Å². The summed E-state index contributed by atoms with van der Waals surface area (Å²) in [5.74, 6) is 0. The standard InChI is InChI=1S/C12H17N3/c1-10-4-5-11(2)15(10)12(3)8-14-7-6-13-9-14/h4-7,9,12H,8H2,1-3H3. The van der Waals surface area contributed by atoms with Crippen LogP contribution in [0.5, 0.6) is 0 Å². The van der Waals surface area contributed by atoms with Gasteiger partial charge in [-0.2, -0.15) is 0 Å². The number of imidazole rings is 1. The van der Waals surface area contributed by atoms with E-state index in [-0.39, 0.29) is 0 Å². The third-order valence-corrected chi connectivity index (χ3v) is 2.80. The summed E-state index contributed by atoms with van der Waals surface area (Å²) in [6, 6.07) is 4.80. The molecule has 15 heavy (non-hydrogen) atoms. The van der Waals surface area contributed by atoms with E-state index in [9.17, 15) is 0 Å². The third kappa shape index (κ3) is 1.96. The number of hydrogen-bond acceptors (Lipinski definition) is 1. The molecule has 0 N–H and O–H groups in total. The SMILES string of the molecule is Cc1ccc(C)n1C(C)Cn1ccnc1. The van der Waals surface area contributed by atoms with Crippen LogP contribution in [0.3, 0.4) is 0 Å². The highest BCUT2D eigenvalue weighted by Gasteiger charge is 2.09. The van der Waals surface area contributed by atoms with E-state index < -0.39 is 0 Å². The Morgan fingerprint density at radius 2 is 1.93 bits per heavy atom. The first-order chi connectivity index (χ1) is 7.18. The first kappa shape index (κ1) is 10.0. The smallest absolute Gasteiger partial charge is 0.0946 e. The molecule has 0 spiro atoms. The summed E-state index contributed by atoms with van der Waals surface area (Å²) >= 11 is 0. The van der Waals surface area contributed by atoms with Gasteiger partial charge in [0.2, 0.25) is 0 Å². The highest BCUT2D eigenvalue weighted by molar-refractivity contribution is 5.14. The van der Waals surface area contributed by atoms with Gasteiger partial charge in [0.1, 0.15) is 0 Å². The van der Waals surface area contributed by atoms with Crippen LogP contribution in [0.4, 0.5) is 0 Å². The molecule has 0 aromatic carbocycles. The molecule has 0 radical (unpaired) electrons. The second-order valence-corrected chi connectivity index (χ2v) is 4.09. The van der Waals surface area contributed by atoms with Gasteiger partial charge in [0, 0.05) is 36.4 Å². The highest BCUT2D eigenvalue weighted by Crippen LogP contribution is 2.16. The predicted molar refractivity (Wildman–Crippen MR) is 60.8 cm³/mol. The van der Waals surface area contributed by atoms with E-state index in [0.29, 0.717) is 6.04 Å². The lowest BCUT2D eigenvalue weighted by Gasteiger charge is -2.18. The summed E-state index contributed by atoms with van der Waals surface area (Å²) in [7, 11) is 0. The summed E-state index contributed by atoms with van der Waals surface area (Å²) < 4.78 is 4.48. The maximum Gasteiger partial charge on any atom is 0.0946 e. The van der Waals surface area contributed by atoms with Crippen molar-refractivity contribution in [2.75, 3.05) is 0 Å². The molecule has 2 aromatic rings. The molecule has 1 unspecified atom stereocenters. The maximum atomic E-state index is 4.06. The Hall–Kier alpha value is -1.51. The summed E-state index contributed by atoms with van der Waals surface area (Å²) in [6.07, 6.45) is 5.69. The molecule has 3 heteroatoms. The zero-order chi connectivity index (χ0) is 10.8. The molecule has 2 heterocycles. The lowest BCUT2D eigenvalue weighted by atomic mass is 10.3. The average molecular weight is 203 g/mol.